The van der Waals surface area contributed by atoms with Crippen molar-refractivity contribution in [3.05, 3.63) is 48.5 Å². The molecule has 0 spiro atoms. The predicted molar refractivity (Wildman–Crippen MR) is 192 cm³/mol. The van der Waals surface area contributed by atoms with E-state index in [0.29, 0.717) is 23.9 Å². The van der Waals surface area contributed by atoms with Crippen LogP contribution >= 0.6 is 0 Å². The van der Waals surface area contributed by atoms with Crippen LogP contribution in [-0.4, -0.2) is 73.7 Å². The summed E-state index contributed by atoms with van der Waals surface area (Å²) in [6.45, 7) is 2.33. The van der Waals surface area contributed by atoms with Crippen molar-refractivity contribution in [3.63, 3.8) is 0 Å². The Balaban J connectivity index is 1.09. The van der Waals surface area contributed by atoms with Crippen molar-refractivity contribution in [1.29, 1.82) is 0 Å². The molecule has 2 aromatic rings. The van der Waals surface area contributed by atoms with Gasteiger partial charge in [-0.3, -0.25) is 0 Å². The monoisotopic (exact) mass is 640 g/mol. The molecule has 2 N–H and O–H groups in total. The van der Waals surface area contributed by atoms with Gasteiger partial charge in [0, 0.05) is 74.6 Å². The van der Waals surface area contributed by atoms with Gasteiger partial charge in [0.2, 0.25) is 0 Å². The zero-order valence-corrected chi connectivity index (χ0v) is 29.3. The van der Waals surface area contributed by atoms with Crippen LogP contribution in [-0.2, 0) is 0 Å². The van der Waals surface area contributed by atoms with Crippen molar-refractivity contribution in [2.75, 3.05) is 48.6 Å². The van der Waals surface area contributed by atoms with E-state index in [1.165, 1.54) is 38.5 Å². The number of rotatable bonds is 8. The summed E-state index contributed by atoms with van der Waals surface area (Å²) in [5.41, 5.74) is 3.70. The van der Waals surface area contributed by atoms with E-state index in [1.807, 2.05) is 52.5 Å². The van der Waals surface area contributed by atoms with E-state index in [1.54, 1.807) is 0 Å². The Morgan fingerprint density at radius 1 is 0.617 bits per heavy atom. The van der Waals surface area contributed by atoms with E-state index in [-0.39, 0.29) is 23.6 Å². The van der Waals surface area contributed by atoms with E-state index >= 15 is 0 Å². The summed E-state index contributed by atoms with van der Waals surface area (Å²) in [6.07, 6.45) is 13.6. The van der Waals surface area contributed by atoms with Gasteiger partial charge in [0.25, 0.3) is 0 Å². The summed E-state index contributed by atoms with van der Waals surface area (Å²) >= 11 is 0. The number of nitrogens with one attached hydrogen (secondary N) is 2. The summed E-state index contributed by atoms with van der Waals surface area (Å²) < 4.78 is 0. The van der Waals surface area contributed by atoms with Gasteiger partial charge in [0.15, 0.2) is 0 Å². The first kappa shape index (κ1) is 32.1. The number of amides is 4. The summed E-state index contributed by atoms with van der Waals surface area (Å²) in [7, 11) is 8.13. The van der Waals surface area contributed by atoms with Crippen molar-refractivity contribution in [2.24, 2.45) is 23.7 Å². The van der Waals surface area contributed by atoms with E-state index in [2.05, 4.69) is 61.4 Å². The molecule has 0 heterocycles. The smallest absolute Gasteiger partial charge is 0.322 e. The highest BCUT2D eigenvalue weighted by molar-refractivity contribution is 5.91. The zero-order chi connectivity index (χ0) is 32.9. The van der Waals surface area contributed by atoms with Gasteiger partial charge in [-0.2, -0.15) is 0 Å². The Labute approximate surface area is 282 Å². The fourth-order valence-corrected chi connectivity index (χ4v) is 10.3. The highest BCUT2D eigenvalue weighted by Gasteiger charge is 2.52. The van der Waals surface area contributed by atoms with Crippen LogP contribution in [0.2, 0.25) is 0 Å². The Morgan fingerprint density at radius 2 is 1.09 bits per heavy atom. The summed E-state index contributed by atoms with van der Waals surface area (Å²) in [4.78, 5) is 37.2. The largest absolute Gasteiger partial charge is 0.378 e. The van der Waals surface area contributed by atoms with Gasteiger partial charge in [-0.15, -0.1) is 0 Å². The van der Waals surface area contributed by atoms with Crippen LogP contribution in [0.25, 0.3) is 0 Å². The lowest BCUT2D eigenvalue weighted by Crippen LogP contribution is -2.61. The van der Waals surface area contributed by atoms with Gasteiger partial charge in [0.1, 0.15) is 0 Å². The Hall–Kier alpha value is -3.42. The Morgan fingerprint density at radius 3 is 1.51 bits per heavy atom. The number of carbonyl (C=O) groups excluding carboxylic acids is 2. The summed E-state index contributed by atoms with van der Waals surface area (Å²) in [6, 6.07) is 17.2. The maximum Gasteiger partial charge on any atom is 0.322 e. The third-order valence-corrected chi connectivity index (χ3v) is 12.8. The molecular weight excluding hydrogens is 584 g/mol. The first-order chi connectivity index (χ1) is 22.6. The van der Waals surface area contributed by atoms with Gasteiger partial charge in [-0.05, 0) is 143 Å². The van der Waals surface area contributed by atoms with Gasteiger partial charge >= 0.3 is 12.1 Å². The van der Waals surface area contributed by atoms with Crippen molar-refractivity contribution < 1.29 is 9.59 Å². The molecule has 5 aliphatic rings. The molecule has 0 saturated heterocycles. The normalized spacial score (nSPS) is 32.2. The Kier molecular flexibility index (Phi) is 8.81. The van der Waals surface area contributed by atoms with Gasteiger partial charge in [-0.25, -0.2) is 9.59 Å². The van der Waals surface area contributed by atoms with E-state index in [4.69, 9.17) is 0 Å². The Bertz CT molecular complexity index is 1420. The highest BCUT2D eigenvalue weighted by atomic mass is 16.2. The van der Waals surface area contributed by atoms with Gasteiger partial charge in [-0.1, -0.05) is 12.8 Å². The molecule has 254 valence electrons. The summed E-state index contributed by atoms with van der Waals surface area (Å²) in [5.74, 6) is 2.73. The van der Waals surface area contributed by atoms with Crippen LogP contribution in [0.1, 0.15) is 84.0 Å². The number of hydrogen-bond acceptors (Lipinski definition) is 4. The third-order valence-electron chi connectivity index (χ3n) is 12.8. The van der Waals surface area contributed by atoms with E-state index < -0.39 is 0 Å². The molecule has 47 heavy (non-hydrogen) atoms. The van der Waals surface area contributed by atoms with Gasteiger partial charge in [0.05, 0.1) is 0 Å². The standard InChI is InChI=1S/C39H56N6O2/c1-39(45(36-25-27-7-9-29(36)23-27)38(47)41-31-12-16-33(17-13-31)43(4)5)20-18-34(19-21-39)44(35-24-26-6-8-28(35)22-26)37(46)40-30-10-14-32(15-11-30)42(2)3/h10-17,26-29,34-36H,6-9,18-25H2,1-5H3,(H,40,46)(H,41,47). The number of carbonyl (C=O) groups is 2. The van der Waals surface area contributed by atoms with Crippen molar-refractivity contribution in [2.45, 2.75) is 108 Å². The maximum atomic E-state index is 14.3. The molecular formula is C39H56N6O2. The van der Waals surface area contributed by atoms with Crippen LogP contribution in [0, 0.1) is 23.7 Å². The number of anilines is 4. The van der Waals surface area contributed by atoms with Crippen LogP contribution in [0.4, 0.5) is 32.3 Å². The number of nitrogens with zero attached hydrogens (tertiary/aromatic N) is 4. The van der Waals surface area contributed by atoms with Crippen molar-refractivity contribution >= 4 is 34.8 Å². The number of fused-ring (bicyclic) bond motifs is 4. The number of hydrogen-bond donors (Lipinski definition) is 2. The summed E-state index contributed by atoms with van der Waals surface area (Å²) in [5, 5.41) is 6.61. The minimum Gasteiger partial charge on any atom is -0.378 e. The lowest BCUT2D eigenvalue weighted by atomic mass is 9.76. The number of urea groups is 2. The average Bonchev–Trinajstić information content (AvgIpc) is 3.87. The SMILES string of the molecule is CN(C)c1ccc(NC(=O)N(C2CCC(C)(N(C(=O)Nc3ccc(N(C)C)cc3)C3CC4CCC3C4)CC2)C2CC3CCC2C3)cc1. The third kappa shape index (κ3) is 6.41. The topological polar surface area (TPSA) is 71.2 Å². The first-order valence-corrected chi connectivity index (χ1v) is 18.3. The van der Waals surface area contributed by atoms with Crippen LogP contribution < -0.4 is 20.4 Å². The second-order valence-corrected chi connectivity index (χ2v) is 16.2. The lowest BCUT2D eigenvalue weighted by Gasteiger charge is -2.52. The first-order valence-electron chi connectivity index (χ1n) is 18.3. The van der Waals surface area contributed by atoms with Crippen LogP contribution in [0.15, 0.2) is 48.5 Å². The van der Waals surface area contributed by atoms with Crippen LogP contribution in [0.3, 0.4) is 0 Å². The quantitative estimate of drug-likeness (QED) is 0.305. The molecule has 0 aliphatic heterocycles. The molecule has 5 saturated carbocycles. The lowest BCUT2D eigenvalue weighted by molar-refractivity contribution is 0.0172. The maximum absolute atomic E-state index is 14.3. The molecule has 2 aromatic carbocycles. The van der Waals surface area contributed by atoms with Crippen molar-refractivity contribution in [1.82, 2.24) is 9.80 Å². The number of benzene rings is 2. The molecule has 6 atom stereocenters. The molecule has 4 bridgehead atoms. The van der Waals surface area contributed by atoms with Gasteiger partial charge < -0.3 is 30.2 Å². The fourth-order valence-electron chi connectivity index (χ4n) is 10.3. The molecule has 6 unspecified atom stereocenters. The molecule has 8 nitrogen and oxygen atoms in total. The molecule has 0 radical (unpaired) electrons. The molecule has 5 fully saturated rings. The molecule has 5 aliphatic carbocycles. The predicted octanol–water partition coefficient (Wildman–Crippen LogP) is 8.27. The molecule has 0 aromatic heterocycles. The second kappa shape index (κ2) is 12.9. The molecule has 7 rings (SSSR count). The second-order valence-electron chi connectivity index (χ2n) is 16.2. The molecule has 4 amide bonds. The zero-order valence-electron chi connectivity index (χ0n) is 29.3. The molecule has 8 heteroatoms. The minimum absolute atomic E-state index is 0.0463. The highest BCUT2D eigenvalue weighted by Crippen LogP contribution is 2.52. The van der Waals surface area contributed by atoms with E-state index in [9.17, 15) is 9.59 Å². The van der Waals surface area contributed by atoms with E-state index in [0.717, 1.165) is 73.1 Å². The fraction of sp³-hybridized carbons (Fsp3) is 0.641. The van der Waals surface area contributed by atoms with Crippen LogP contribution in [0.5, 0.6) is 0 Å². The minimum atomic E-state index is -0.238. The average molecular weight is 641 g/mol. The van der Waals surface area contributed by atoms with Crippen molar-refractivity contribution in [3.8, 4) is 0 Å².